The van der Waals surface area contributed by atoms with E-state index in [0.717, 1.165) is 51.1 Å². The maximum Gasteiger partial charge on any atom is 0.236 e. The molecule has 2 heterocycles. The van der Waals surface area contributed by atoms with Crippen molar-refractivity contribution in [2.24, 2.45) is 0 Å². The number of piperidine rings is 1. The molecule has 2 fully saturated rings. The molecule has 0 bridgehead atoms. The minimum absolute atomic E-state index is 0.170. The molecule has 1 N–H and O–H groups in total. The standard InChI is InChI=1S/C16H21ClFN3O/c17-14-8-12(3-4-15(14)18)10-20-6-1-2-13(11-20)21-7-5-19-9-16(21)22/h3-4,8,13,19H,1-2,5-7,9-11H2. The monoisotopic (exact) mass is 325 g/mol. The number of benzene rings is 1. The van der Waals surface area contributed by atoms with Crippen LogP contribution in [0.25, 0.3) is 0 Å². The fourth-order valence-corrected chi connectivity index (χ4v) is 3.54. The Hall–Kier alpha value is -1.17. The molecule has 2 saturated heterocycles. The predicted molar refractivity (Wildman–Crippen MR) is 84.3 cm³/mol. The van der Waals surface area contributed by atoms with Crippen molar-refractivity contribution in [1.29, 1.82) is 0 Å². The Balaban J connectivity index is 1.62. The Bertz CT molecular complexity index is 554. The maximum atomic E-state index is 13.2. The normalized spacial score (nSPS) is 23.8. The largest absolute Gasteiger partial charge is 0.336 e. The lowest BCUT2D eigenvalue weighted by molar-refractivity contribution is -0.135. The molecular weight excluding hydrogens is 305 g/mol. The van der Waals surface area contributed by atoms with Crippen LogP contribution in [0.2, 0.25) is 5.02 Å². The molecule has 0 aliphatic carbocycles. The fraction of sp³-hybridized carbons (Fsp3) is 0.562. The van der Waals surface area contributed by atoms with Crippen LogP contribution in [0.3, 0.4) is 0 Å². The summed E-state index contributed by atoms with van der Waals surface area (Å²) < 4.78 is 13.2. The third-order valence-corrected chi connectivity index (χ3v) is 4.73. The predicted octanol–water partition coefficient (Wildman–Crippen LogP) is 1.88. The van der Waals surface area contributed by atoms with Crippen LogP contribution < -0.4 is 5.32 Å². The van der Waals surface area contributed by atoms with Crippen molar-refractivity contribution in [3.63, 3.8) is 0 Å². The van der Waals surface area contributed by atoms with Gasteiger partial charge in [0.25, 0.3) is 0 Å². The molecule has 2 aliphatic rings. The van der Waals surface area contributed by atoms with Gasteiger partial charge in [0.05, 0.1) is 11.6 Å². The SMILES string of the molecule is O=C1CNCCN1C1CCCN(Cc2ccc(F)c(Cl)c2)C1. The summed E-state index contributed by atoms with van der Waals surface area (Å²) in [5, 5.41) is 3.28. The van der Waals surface area contributed by atoms with E-state index >= 15 is 0 Å². The topological polar surface area (TPSA) is 35.6 Å². The summed E-state index contributed by atoms with van der Waals surface area (Å²) >= 11 is 5.85. The number of nitrogens with one attached hydrogen (secondary N) is 1. The summed E-state index contributed by atoms with van der Waals surface area (Å²) in [5.74, 6) is -0.184. The molecule has 0 radical (unpaired) electrons. The zero-order valence-electron chi connectivity index (χ0n) is 12.5. The second kappa shape index (κ2) is 6.94. The first-order valence-corrected chi connectivity index (χ1v) is 8.18. The lowest BCUT2D eigenvalue weighted by Crippen LogP contribution is -2.56. The first-order valence-electron chi connectivity index (χ1n) is 7.80. The molecule has 120 valence electrons. The molecule has 3 rings (SSSR count). The number of halogens is 2. The summed E-state index contributed by atoms with van der Waals surface area (Å²) in [5.41, 5.74) is 1.01. The third-order valence-electron chi connectivity index (χ3n) is 4.44. The summed E-state index contributed by atoms with van der Waals surface area (Å²) in [6.07, 6.45) is 2.14. The smallest absolute Gasteiger partial charge is 0.236 e. The van der Waals surface area contributed by atoms with Gasteiger partial charge < -0.3 is 10.2 Å². The number of rotatable bonds is 3. The van der Waals surface area contributed by atoms with Gasteiger partial charge in [-0.15, -0.1) is 0 Å². The van der Waals surface area contributed by atoms with E-state index in [1.165, 1.54) is 6.07 Å². The van der Waals surface area contributed by atoms with Crippen LogP contribution in [0, 0.1) is 5.82 Å². The molecule has 1 amide bonds. The summed E-state index contributed by atoms with van der Waals surface area (Å²) in [6, 6.07) is 5.18. The van der Waals surface area contributed by atoms with Crippen LogP contribution >= 0.6 is 11.6 Å². The third kappa shape index (κ3) is 3.59. The Labute approximate surface area is 135 Å². The summed E-state index contributed by atoms with van der Waals surface area (Å²) in [7, 11) is 0. The molecule has 1 aromatic carbocycles. The van der Waals surface area contributed by atoms with Crippen molar-refractivity contribution < 1.29 is 9.18 Å². The fourth-order valence-electron chi connectivity index (χ4n) is 3.33. The minimum Gasteiger partial charge on any atom is -0.336 e. The van der Waals surface area contributed by atoms with Crippen LogP contribution in [-0.2, 0) is 11.3 Å². The Kier molecular flexibility index (Phi) is 4.96. The molecular formula is C16H21ClFN3O. The first kappa shape index (κ1) is 15.7. The highest BCUT2D eigenvalue weighted by Crippen LogP contribution is 2.21. The number of piperazine rings is 1. The Morgan fingerprint density at radius 3 is 3.00 bits per heavy atom. The number of nitrogens with zero attached hydrogens (tertiary/aromatic N) is 2. The highest BCUT2D eigenvalue weighted by atomic mass is 35.5. The number of carbonyl (C=O) groups excluding carboxylic acids is 1. The zero-order valence-corrected chi connectivity index (χ0v) is 13.3. The van der Waals surface area contributed by atoms with Gasteiger partial charge in [-0.25, -0.2) is 4.39 Å². The second-order valence-corrected chi connectivity index (χ2v) is 6.45. The molecule has 1 aromatic rings. The van der Waals surface area contributed by atoms with Gasteiger partial charge in [0.2, 0.25) is 5.91 Å². The highest BCUT2D eigenvalue weighted by molar-refractivity contribution is 6.30. The van der Waals surface area contributed by atoms with Gasteiger partial charge in [-0.05, 0) is 37.1 Å². The maximum absolute atomic E-state index is 13.2. The van der Waals surface area contributed by atoms with Crippen molar-refractivity contribution in [2.75, 3.05) is 32.7 Å². The van der Waals surface area contributed by atoms with Crippen LogP contribution in [0.1, 0.15) is 18.4 Å². The number of amides is 1. The van der Waals surface area contributed by atoms with Crippen molar-refractivity contribution >= 4 is 17.5 Å². The summed E-state index contributed by atoms with van der Waals surface area (Å²) in [6.45, 7) is 4.74. The minimum atomic E-state index is -0.381. The van der Waals surface area contributed by atoms with Crippen molar-refractivity contribution in [2.45, 2.75) is 25.4 Å². The van der Waals surface area contributed by atoms with Gasteiger partial charge in [-0.2, -0.15) is 0 Å². The van der Waals surface area contributed by atoms with Crippen LogP contribution in [-0.4, -0.2) is 54.5 Å². The molecule has 1 unspecified atom stereocenters. The molecule has 0 spiro atoms. The molecule has 2 aliphatic heterocycles. The van der Waals surface area contributed by atoms with E-state index < -0.39 is 0 Å². The van der Waals surface area contributed by atoms with Gasteiger partial charge in [0.1, 0.15) is 5.82 Å². The second-order valence-electron chi connectivity index (χ2n) is 6.04. The summed E-state index contributed by atoms with van der Waals surface area (Å²) in [4.78, 5) is 16.4. The van der Waals surface area contributed by atoms with Crippen LogP contribution in [0.4, 0.5) is 4.39 Å². The van der Waals surface area contributed by atoms with E-state index in [1.54, 1.807) is 12.1 Å². The van der Waals surface area contributed by atoms with Crippen molar-refractivity contribution in [3.8, 4) is 0 Å². The zero-order chi connectivity index (χ0) is 15.5. The molecule has 1 atom stereocenters. The van der Waals surface area contributed by atoms with Crippen molar-refractivity contribution in [3.05, 3.63) is 34.6 Å². The molecule has 6 heteroatoms. The molecule has 4 nitrogen and oxygen atoms in total. The Morgan fingerprint density at radius 1 is 1.36 bits per heavy atom. The van der Waals surface area contributed by atoms with Crippen molar-refractivity contribution in [1.82, 2.24) is 15.1 Å². The average molecular weight is 326 g/mol. The van der Waals surface area contributed by atoms with Crippen LogP contribution in [0.15, 0.2) is 18.2 Å². The lowest BCUT2D eigenvalue weighted by atomic mass is 10.0. The van der Waals surface area contributed by atoms with Crippen LogP contribution in [0.5, 0.6) is 0 Å². The lowest BCUT2D eigenvalue weighted by Gasteiger charge is -2.41. The van der Waals surface area contributed by atoms with E-state index in [0.29, 0.717) is 12.6 Å². The van der Waals surface area contributed by atoms with E-state index in [2.05, 4.69) is 10.2 Å². The van der Waals surface area contributed by atoms with Gasteiger partial charge in [0.15, 0.2) is 0 Å². The molecule has 22 heavy (non-hydrogen) atoms. The Morgan fingerprint density at radius 2 is 2.23 bits per heavy atom. The van der Waals surface area contributed by atoms with E-state index in [-0.39, 0.29) is 16.7 Å². The van der Waals surface area contributed by atoms with Gasteiger partial charge >= 0.3 is 0 Å². The highest BCUT2D eigenvalue weighted by Gasteiger charge is 2.29. The quantitative estimate of drug-likeness (QED) is 0.921. The number of likely N-dealkylation sites (tertiary alicyclic amines) is 1. The number of hydrogen-bond acceptors (Lipinski definition) is 3. The first-order chi connectivity index (χ1) is 10.6. The number of hydrogen-bond donors (Lipinski definition) is 1. The number of carbonyl (C=O) groups is 1. The van der Waals surface area contributed by atoms with Gasteiger partial charge in [0, 0.05) is 32.2 Å². The van der Waals surface area contributed by atoms with Gasteiger partial charge in [-0.1, -0.05) is 17.7 Å². The van der Waals surface area contributed by atoms with E-state index in [1.807, 2.05) is 4.90 Å². The molecule has 0 saturated carbocycles. The van der Waals surface area contributed by atoms with E-state index in [9.17, 15) is 9.18 Å². The van der Waals surface area contributed by atoms with Gasteiger partial charge in [-0.3, -0.25) is 9.69 Å². The average Bonchev–Trinajstić information content (AvgIpc) is 2.52. The van der Waals surface area contributed by atoms with E-state index in [4.69, 9.17) is 11.6 Å². The molecule has 0 aromatic heterocycles.